The van der Waals surface area contributed by atoms with Crippen LogP contribution in [0.5, 0.6) is 0 Å². The minimum absolute atomic E-state index is 0.757. The zero-order chi connectivity index (χ0) is 21.8. The fourth-order valence-corrected chi connectivity index (χ4v) is 4.25. The predicted molar refractivity (Wildman–Crippen MR) is 128 cm³/mol. The van der Waals surface area contributed by atoms with Crippen molar-refractivity contribution in [1.29, 1.82) is 0 Å². The molecule has 166 valence electrons. The number of unbranched alkanes of at least 4 members (excludes halogenated alkanes) is 1. The van der Waals surface area contributed by atoms with Gasteiger partial charge in [0.05, 0.1) is 16.8 Å². The summed E-state index contributed by atoms with van der Waals surface area (Å²) in [6.07, 6.45) is 4.42. The number of hydrogen-bond donors (Lipinski definition) is 0. The summed E-state index contributed by atoms with van der Waals surface area (Å²) in [5, 5.41) is 5.97. The molecule has 0 radical (unpaired) electrons. The van der Waals surface area contributed by atoms with Crippen molar-refractivity contribution in [2.75, 3.05) is 37.6 Å². The third-order valence-electron chi connectivity index (χ3n) is 6.18. The second-order valence-corrected chi connectivity index (χ2v) is 9.11. The van der Waals surface area contributed by atoms with Crippen LogP contribution in [0.3, 0.4) is 0 Å². The molecule has 1 saturated heterocycles. The fourth-order valence-electron chi connectivity index (χ4n) is 4.25. The average molecular weight is 421 g/mol. The number of anilines is 1. The Bertz CT molecular complexity index is 986. The summed E-state index contributed by atoms with van der Waals surface area (Å²) in [6.45, 7) is 14.3. The van der Waals surface area contributed by atoms with Crippen molar-refractivity contribution in [2.45, 2.75) is 53.4 Å². The van der Waals surface area contributed by atoms with Crippen molar-refractivity contribution in [3.63, 3.8) is 0 Å². The van der Waals surface area contributed by atoms with Gasteiger partial charge in [-0.15, -0.1) is 0 Å². The molecule has 6 heteroatoms. The molecule has 0 unspecified atom stereocenters. The normalized spacial score (nSPS) is 15.3. The maximum atomic E-state index is 5.07. The molecule has 0 atom stereocenters. The standard InChI is InChI=1S/C25H36N6/c1-5-6-12-22-26-24(30-17-15-29(16-18-30)14-13-19(2)3)23-20(4)28-31(25(23)27-22)21-10-8-7-9-11-21/h7-11,19H,5-6,12-18H2,1-4H3. The zero-order valence-electron chi connectivity index (χ0n) is 19.5. The van der Waals surface area contributed by atoms with Crippen molar-refractivity contribution in [1.82, 2.24) is 24.6 Å². The molecule has 4 rings (SSSR count). The first-order valence-corrected chi connectivity index (χ1v) is 11.9. The van der Waals surface area contributed by atoms with Crippen molar-refractivity contribution in [3.05, 3.63) is 41.9 Å². The van der Waals surface area contributed by atoms with Crippen LogP contribution in [0.4, 0.5) is 5.82 Å². The quantitative estimate of drug-likeness (QED) is 0.532. The summed E-state index contributed by atoms with van der Waals surface area (Å²) in [5.74, 6) is 2.76. The number of piperazine rings is 1. The van der Waals surface area contributed by atoms with E-state index in [1.807, 2.05) is 10.7 Å². The van der Waals surface area contributed by atoms with Crippen molar-refractivity contribution in [3.8, 4) is 5.69 Å². The van der Waals surface area contributed by atoms with Crippen LogP contribution in [0.1, 0.15) is 51.6 Å². The molecule has 0 saturated carbocycles. The highest BCUT2D eigenvalue weighted by Gasteiger charge is 2.24. The second kappa shape index (κ2) is 9.77. The molecule has 31 heavy (non-hydrogen) atoms. The number of aryl methyl sites for hydroxylation is 2. The highest BCUT2D eigenvalue weighted by Crippen LogP contribution is 2.30. The topological polar surface area (TPSA) is 50.1 Å². The predicted octanol–water partition coefficient (Wildman–Crippen LogP) is 4.63. The highest BCUT2D eigenvalue weighted by atomic mass is 15.3. The second-order valence-electron chi connectivity index (χ2n) is 9.11. The molecular formula is C25H36N6. The third-order valence-corrected chi connectivity index (χ3v) is 6.18. The first-order chi connectivity index (χ1) is 15.1. The fraction of sp³-hybridized carbons (Fsp3) is 0.560. The third kappa shape index (κ3) is 4.90. The van der Waals surface area contributed by atoms with Gasteiger partial charge >= 0.3 is 0 Å². The molecule has 0 aliphatic carbocycles. The number of aromatic nitrogens is 4. The van der Waals surface area contributed by atoms with Gasteiger partial charge in [0.2, 0.25) is 0 Å². The average Bonchev–Trinajstić information content (AvgIpc) is 3.13. The number of rotatable bonds is 8. The Hall–Kier alpha value is -2.47. The van der Waals surface area contributed by atoms with Crippen LogP contribution in [0.2, 0.25) is 0 Å². The monoisotopic (exact) mass is 420 g/mol. The van der Waals surface area contributed by atoms with Gasteiger partial charge in [-0.2, -0.15) is 5.10 Å². The molecule has 3 heterocycles. The molecule has 1 aliphatic heterocycles. The lowest BCUT2D eigenvalue weighted by molar-refractivity contribution is 0.243. The highest BCUT2D eigenvalue weighted by molar-refractivity contribution is 5.91. The van der Waals surface area contributed by atoms with E-state index in [2.05, 4.69) is 61.8 Å². The first kappa shape index (κ1) is 21.8. The Morgan fingerprint density at radius 2 is 1.74 bits per heavy atom. The lowest BCUT2D eigenvalue weighted by Crippen LogP contribution is -2.47. The molecule has 0 N–H and O–H groups in total. The minimum Gasteiger partial charge on any atom is -0.353 e. The summed E-state index contributed by atoms with van der Waals surface area (Å²) < 4.78 is 1.99. The molecule has 1 aromatic carbocycles. The van der Waals surface area contributed by atoms with E-state index in [1.54, 1.807) is 0 Å². The number of hydrogen-bond acceptors (Lipinski definition) is 5. The molecule has 1 fully saturated rings. The lowest BCUT2D eigenvalue weighted by Gasteiger charge is -2.36. The van der Waals surface area contributed by atoms with Crippen molar-refractivity contribution < 1.29 is 0 Å². The van der Waals surface area contributed by atoms with E-state index in [4.69, 9.17) is 15.1 Å². The summed E-state index contributed by atoms with van der Waals surface area (Å²) in [7, 11) is 0. The molecule has 3 aromatic rings. The Kier molecular flexibility index (Phi) is 6.86. The van der Waals surface area contributed by atoms with Crippen LogP contribution >= 0.6 is 0 Å². The molecule has 0 spiro atoms. The number of fused-ring (bicyclic) bond motifs is 1. The molecule has 2 aromatic heterocycles. The Balaban J connectivity index is 1.68. The maximum Gasteiger partial charge on any atom is 0.168 e. The summed E-state index contributed by atoms with van der Waals surface area (Å²) >= 11 is 0. The van der Waals surface area contributed by atoms with Gasteiger partial charge in [-0.05, 0) is 44.4 Å². The largest absolute Gasteiger partial charge is 0.353 e. The van der Waals surface area contributed by atoms with Crippen molar-refractivity contribution >= 4 is 16.9 Å². The summed E-state index contributed by atoms with van der Waals surface area (Å²) in [6, 6.07) is 10.3. The van der Waals surface area contributed by atoms with Gasteiger partial charge in [0.15, 0.2) is 5.65 Å². The van der Waals surface area contributed by atoms with Crippen LogP contribution < -0.4 is 4.90 Å². The zero-order valence-corrected chi connectivity index (χ0v) is 19.5. The van der Waals surface area contributed by atoms with E-state index in [0.29, 0.717) is 0 Å². The summed E-state index contributed by atoms with van der Waals surface area (Å²) in [5.41, 5.74) is 2.98. The maximum absolute atomic E-state index is 5.07. The number of para-hydroxylation sites is 1. The van der Waals surface area contributed by atoms with Gasteiger partial charge < -0.3 is 4.90 Å². The molecular weight excluding hydrogens is 384 g/mol. The molecule has 0 bridgehead atoms. The Morgan fingerprint density at radius 1 is 1.00 bits per heavy atom. The van der Waals surface area contributed by atoms with E-state index in [-0.39, 0.29) is 0 Å². The van der Waals surface area contributed by atoms with E-state index in [9.17, 15) is 0 Å². The summed E-state index contributed by atoms with van der Waals surface area (Å²) in [4.78, 5) is 15.1. The van der Waals surface area contributed by atoms with E-state index in [1.165, 1.54) is 13.0 Å². The first-order valence-electron chi connectivity index (χ1n) is 11.9. The van der Waals surface area contributed by atoms with E-state index >= 15 is 0 Å². The molecule has 1 aliphatic rings. The van der Waals surface area contributed by atoms with Crippen LogP contribution in [-0.2, 0) is 6.42 Å². The van der Waals surface area contributed by atoms with Gasteiger partial charge in [0.25, 0.3) is 0 Å². The van der Waals surface area contributed by atoms with Gasteiger partial charge in [0.1, 0.15) is 11.6 Å². The van der Waals surface area contributed by atoms with Crippen LogP contribution in [0, 0.1) is 12.8 Å². The van der Waals surface area contributed by atoms with Gasteiger partial charge in [0, 0.05) is 32.6 Å². The van der Waals surface area contributed by atoms with Crippen LogP contribution in [0.25, 0.3) is 16.7 Å². The van der Waals surface area contributed by atoms with Gasteiger partial charge in [-0.1, -0.05) is 45.4 Å². The van der Waals surface area contributed by atoms with Gasteiger partial charge in [-0.25, -0.2) is 14.6 Å². The number of nitrogens with zero attached hydrogens (tertiary/aromatic N) is 6. The SMILES string of the molecule is CCCCc1nc(N2CCN(CCC(C)C)CC2)c2c(C)nn(-c3ccccc3)c2n1. The number of benzene rings is 1. The smallest absolute Gasteiger partial charge is 0.168 e. The lowest BCUT2D eigenvalue weighted by atomic mass is 10.1. The Labute approximate surface area is 186 Å². The van der Waals surface area contributed by atoms with E-state index < -0.39 is 0 Å². The van der Waals surface area contributed by atoms with Crippen LogP contribution in [-0.4, -0.2) is 57.4 Å². The molecule has 0 amide bonds. The minimum atomic E-state index is 0.757. The molecule has 6 nitrogen and oxygen atoms in total. The van der Waals surface area contributed by atoms with E-state index in [0.717, 1.165) is 85.4 Å². The van der Waals surface area contributed by atoms with Crippen LogP contribution in [0.15, 0.2) is 30.3 Å². The Morgan fingerprint density at radius 3 is 2.42 bits per heavy atom. The van der Waals surface area contributed by atoms with Gasteiger partial charge in [-0.3, -0.25) is 4.90 Å². The van der Waals surface area contributed by atoms with Crippen molar-refractivity contribution in [2.24, 2.45) is 5.92 Å².